The highest BCUT2D eigenvalue weighted by atomic mass is 14.2. The van der Waals surface area contributed by atoms with Crippen molar-refractivity contribution in [1.29, 1.82) is 0 Å². The Hall–Kier alpha value is -0.520. The largest absolute Gasteiger partial charge is 0.103 e. The van der Waals surface area contributed by atoms with Crippen molar-refractivity contribution in [3.63, 3.8) is 0 Å². The molecule has 0 heteroatoms. The van der Waals surface area contributed by atoms with E-state index in [0.717, 1.165) is 12.3 Å². The second kappa shape index (κ2) is 2.17. The summed E-state index contributed by atoms with van der Waals surface area (Å²) in [6.07, 6.45) is 5.71. The summed E-state index contributed by atoms with van der Waals surface area (Å²) in [6, 6.07) is 0. The third kappa shape index (κ3) is 0.835. The van der Waals surface area contributed by atoms with Crippen LogP contribution in [0.5, 0.6) is 0 Å². The third-order valence-corrected chi connectivity index (χ3v) is 1.84. The van der Waals surface area contributed by atoms with E-state index in [1.807, 2.05) is 6.08 Å². The van der Waals surface area contributed by atoms with Crippen LogP contribution in [0.4, 0.5) is 0 Å². The minimum atomic E-state index is 0.785. The maximum absolute atomic E-state index is 3.91. The molecule has 0 amide bonds. The van der Waals surface area contributed by atoms with Crippen molar-refractivity contribution in [3.8, 4) is 0 Å². The first-order chi connectivity index (χ1) is 3.84. The molecular formula is C8H12. The maximum Gasteiger partial charge on any atom is -0.0168 e. The highest BCUT2D eigenvalue weighted by Gasteiger charge is 2.19. The zero-order valence-electron chi connectivity index (χ0n) is 5.19. The van der Waals surface area contributed by atoms with Gasteiger partial charge in [0, 0.05) is 0 Å². The first-order valence-corrected chi connectivity index (χ1v) is 3.13. The Morgan fingerprint density at radius 1 is 1.75 bits per heavy atom. The van der Waals surface area contributed by atoms with Gasteiger partial charge in [-0.2, -0.15) is 0 Å². The Kier molecular flexibility index (Phi) is 1.52. The highest BCUT2D eigenvalue weighted by Crippen LogP contribution is 2.34. The molecule has 0 aromatic heterocycles. The summed E-state index contributed by atoms with van der Waals surface area (Å²) < 4.78 is 0. The predicted octanol–water partition coefficient (Wildman–Crippen LogP) is 2.53. The fourth-order valence-corrected chi connectivity index (χ4v) is 1.04. The van der Waals surface area contributed by atoms with Crippen molar-refractivity contribution in [2.75, 3.05) is 0 Å². The molecule has 1 fully saturated rings. The van der Waals surface area contributed by atoms with Gasteiger partial charge in [-0.25, -0.2) is 0 Å². The number of allylic oxidation sites excluding steroid dienone is 2. The first kappa shape index (κ1) is 5.61. The molecule has 0 radical (unpaired) electrons. The van der Waals surface area contributed by atoms with Gasteiger partial charge in [-0.15, -0.1) is 6.58 Å². The van der Waals surface area contributed by atoms with Crippen molar-refractivity contribution in [3.05, 3.63) is 24.8 Å². The molecule has 44 valence electrons. The van der Waals surface area contributed by atoms with Crippen LogP contribution in [0.15, 0.2) is 24.8 Å². The summed E-state index contributed by atoms with van der Waals surface area (Å²) in [4.78, 5) is 0. The van der Waals surface area contributed by atoms with E-state index in [0.29, 0.717) is 0 Å². The van der Waals surface area contributed by atoms with E-state index in [-0.39, 0.29) is 0 Å². The van der Waals surface area contributed by atoms with Gasteiger partial charge in [-0.1, -0.05) is 18.2 Å². The lowest BCUT2D eigenvalue weighted by Crippen LogP contribution is -2.12. The lowest BCUT2D eigenvalue weighted by Gasteiger charge is -2.27. The number of hydrogen-bond donors (Lipinski definition) is 0. The summed E-state index contributed by atoms with van der Waals surface area (Å²) in [5.41, 5.74) is 1.42. The Labute approximate surface area is 50.9 Å². The van der Waals surface area contributed by atoms with Crippen LogP contribution < -0.4 is 0 Å². The molecule has 1 rings (SSSR count). The summed E-state index contributed by atoms with van der Waals surface area (Å²) in [5.74, 6) is 0.785. The van der Waals surface area contributed by atoms with Crippen LogP contribution in [0, 0.1) is 5.92 Å². The molecule has 0 saturated heterocycles. The van der Waals surface area contributed by atoms with Gasteiger partial charge in [-0.3, -0.25) is 0 Å². The SMILES string of the molecule is C=CCC1CCC1=C. The van der Waals surface area contributed by atoms with Gasteiger partial charge >= 0.3 is 0 Å². The van der Waals surface area contributed by atoms with Crippen molar-refractivity contribution in [2.24, 2.45) is 5.92 Å². The Balaban J connectivity index is 2.26. The molecule has 0 aromatic carbocycles. The van der Waals surface area contributed by atoms with Gasteiger partial charge in [0.25, 0.3) is 0 Å². The minimum Gasteiger partial charge on any atom is -0.103 e. The Morgan fingerprint density at radius 3 is 2.62 bits per heavy atom. The highest BCUT2D eigenvalue weighted by molar-refractivity contribution is 5.11. The van der Waals surface area contributed by atoms with Crippen molar-refractivity contribution >= 4 is 0 Å². The summed E-state index contributed by atoms with van der Waals surface area (Å²) in [6.45, 7) is 7.59. The Bertz CT molecular complexity index is 111. The minimum absolute atomic E-state index is 0.785. The fourth-order valence-electron chi connectivity index (χ4n) is 1.04. The second-order valence-corrected chi connectivity index (χ2v) is 2.42. The van der Waals surface area contributed by atoms with Crippen molar-refractivity contribution < 1.29 is 0 Å². The Morgan fingerprint density at radius 2 is 2.50 bits per heavy atom. The van der Waals surface area contributed by atoms with Crippen molar-refractivity contribution in [1.82, 2.24) is 0 Å². The molecule has 1 atom stereocenters. The zero-order valence-corrected chi connectivity index (χ0v) is 5.19. The van der Waals surface area contributed by atoms with E-state index < -0.39 is 0 Å². The quantitative estimate of drug-likeness (QED) is 0.477. The summed E-state index contributed by atoms with van der Waals surface area (Å²) >= 11 is 0. The molecule has 0 N–H and O–H groups in total. The van der Waals surface area contributed by atoms with E-state index in [1.54, 1.807) is 0 Å². The molecule has 0 aromatic rings. The normalized spacial score (nSPS) is 27.0. The maximum atomic E-state index is 3.91. The van der Waals surface area contributed by atoms with Crippen LogP contribution in [0.25, 0.3) is 0 Å². The predicted molar refractivity (Wildman–Crippen MR) is 36.7 cm³/mol. The van der Waals surface area contributed by atoms with Gasteiger partial charge in [-0.05, 0) is 25.2 Å². The van der Waals surface area contributed by atoms with Crippen LogP contribution in [-0.4, -0.2) is 0 Å². The molecule has 1 aliphatic carbocycles. The summed E-state index contributed by atoms with van der Waals surface area (Å²) in [7, 11) is 0. The van der Waals surface area contributed by atoms with E-state index >= 15 is 0 Å². The standard InChI is InChI=1S/C8H12/c1-3-4-8-6-5-7(8)2/h3,8H,1-2,4-6H2. The average molecular weight is 108 g/mol. The van der Waals surface area contributed by atoms with Crippen molar-refractivity contribution in [2.45, 2.75) is 19.3 Å². The monoisotopic (exact) mass is 108 g/mol. The lowest BCUT2D eigenvalue weighted by atomic mass is 9.78. The van der Waals surface area contributed by atoms with E-state index in [9.17, 15) is 0 Å². The topological polar surface area (TPSA) is 0 Å². The fraction of sp³-hybridized carbons (Fsp3) is 0.500. The smallest absolute Gasteiger partial charge is 0.0168 e. The van der Waals surface area contributed by atoms with Crippen LogP contribution in [0.3, 0.4) is 0 Å². The van der Waals surface area contributed by atoms with Gasteiger partial charge in [0.2, 0.25) is 0 Å². The molecule has 1 aliphatic rings. The van der Waals surface area contributed by atoms with Gasteiger partial charge in [0.1, 0.15) is 0 Å². The summed E-state index contributed by atoms with van der Waals surface area (Å²) in [5, 5.41) is 0. The molecule has 0 bridgehead atoms. The number of rotatable bonds is 2. The number of hydrogen-bond acceptors (Lipinski definition) is 0. The second-order valence-electron chi connectivity index (χ2n) is 2.42. The van der Waals surface area contributed by atoms with Crippen LogP contribution in [-0.2, 0) is 0 Å². The van der Waals surface area contributed by atoms with Gasteiger partial charge in [0.05, 0.1) is 0 Å². The molecule has 1 unspecified atom stereocenters. The molecule has 0 nitrogen and oxygen atoms in total. The van der Waals surface area contributed by atoms with Crippen LogP contribution >= 0.6 is 0 Å². The van der Waals surface area contributed by atoms with E-state index in [2.05, 4.69) is 13.2 Å². The van der Waals surface area contributed by atoms with E-state index in [4.69, 9.17) is 0 Å². The average Bonchev–Trinajstić information content (AvgIpc) is 1.79. The van der Waals surface area contributed by atoms with Crippen LogP contribution in [0.2, 0.25) is 0 Å². The molecule has 1 saturated carbocycles. The van der Waals surface area contributed by atoms with Gasteiger partial charge in [0.15, 0.2) is 0 Å². The molecule has 0 heterocycles. The zero-order chi connectivity index (χ0) is 5.98. The third-order valence-electron chi connectivity index (χ3n) is 1.84. The van der Waals surface area contributed by atoms with E-state index in [1.165, 1.54) is 18.4 Å². The van der Waals surface area contributed by atoms with Crippen LogP contribution in [0.1, 0.15) is 19.3 Å². The lowest BCUT2D eigenvalue weighted by molar-refractivity contribution is 0.451. The molecular weight excluding hydrogens is 96.1 g/mol. The molecule has 0 aliphatic heterocycles. The molecule has 8 heavy (non-hydrogen) atoms. The first-order valence-electron chi connectivity index (χ1n) is 3.13. The van der Waals surface area contributed by atoms with Gasteiger partial charge < -0.3 is 0 Å². The molecule has 0 spiro atoms.